The fourth-order valence-electron chi connectivity index (χ4n) is 1.35. The Bertz CT molecular complexity index is 115. The van der Waals surface area contributed by atoms with Crippen LogP contribution < -0.4 is 0 Å². The van der Waals surface area contributed by atoms with Gasteiger partial charge in [-0.1, -0.05) is 24.3 Å². The summed E-state index contributed by atoms with van der Waals surface area (Å²) in [6.07, 6.45) is 18.5. The van der Waals surface area contributed by atoms with Crippen LogP contribution in [0.4, 0.5) is 0 Å². The molecule has 0 aromatic rings. The van der Waals surface area contributed by atoms with E-state index in [1.807, 2.05) is 0 Å². The number of hydrogen-bond donors (Lipinski definition) is 0. The van der Waals surface area contributed by atoms with Gasteiger partial charge in [0.15, 0.2) is 0 Å². The molecule has 0 aromatic carbocycles. The Kier molecular flexibility index (Phi) is 4.84. The summed E-state index contributed by atoms with van der Waals surface area (Å²) in [5.74, 6) is 0. The Morgan fingerprint density at radius 1 is 0.455 bits per heavy atom. The van der Waals surface area contributed by atoms with Crippen LogP contribution in [0.5, 0.6) is 0 Å². The van der Waals surface area contributed by atoms with Crippen LogP contribution in [0.25, 0.3) is 0 Å². The summed E-state index contributed by atoms with van der Waals surface area (Å²) in [7, 11) is 0. The van der Waals surface area contributed by atoms with Gasteiger partial charge in [-0.3, -0.25) is 0 Å². The summed E-state index contributed by atoms with van der Waals surface area (Å²) >= 11 is 0. The molecule has 1 rings (SSSR count). The van der Waals surface area contributed by atoms with E-state index in [4.69, 9.17) is 0 Å². The first-order valence-electron chi connectivity index (χ1n) is 4.80. The van der Waals surface area contributed by atoms with Crippen LogP contribution in [-0.4, -0.2) is 0 Å². The number of hydrogen-bond acceptors (Lipinski definition) is 0. The average molecular weight is 150 g/mol. The molecule has 0 saturated carbocycles. The standard InChI is InChI=1S/C11H18/c1-2-4-6-8-10-11-9-7-5-3-1/h1-2,9,11H,3-8,10H2/b2-1-,11-9+. The van der Waals surface area contributed by atoms with Gasteiger partial charge in [0.05, 0.1) is 0 Å². The van der Waals surface area contributed by atoms with E-state index in [-0.39, 0.29) is 0 Å². The third-order valence-corrected chi connectivity index (χ3v) is 2.07. The van der Waals surface area contributed by atoms with Crippen molar-refractivity contribution in [3.05, 3.63) is 24.3 Å². The molecule has 62 valence electrons. The fraction of sp³-hybridized carbons (Fsp3) is 0.636. The largest absolute Gasteiger partial charge is 0.0885 e. The molecule has 0 nitrogen and oxygen atoms in total. The van der Waals surface area contributed by atoms with Crippen LogP contribution in [0.1, 0.15) is 44.9 Å². The van der Waals surface area contributed by atoms with Crippen molar-refractivity contribution in [3.63, 3.8) is 0 Å². The van der Waals surface area contributed by atoms with Crippen LogP contribution in [0, 0.1) is 0 Å². The van der Waals surface area contributed by atoms with Crippen molar-refractivity contribution in [2.24, 2.45) is 0 Å². The fourth-order valence-corrected chi connectivity index (χ4v) is 1.35. The lowest BCUT2D eigenvalue weighted by Gasteiger charge is -1.90. The van der Waals surface area contributed by atoms with E-state index in [9.17, 15) is 0 Å². The van der Waals surface area contributed by atoms with E-state index >= 15 is 0 Å². The van der Waals surface area contributed by atoms with Gasteiger partial charge in [-0.25, -0.2) is 0 Å². The summed E-state index contributed by atoms with van der Waals surface area (Å²) in [5.41, 5.74) is 0. The molecule has 0 unspecified atom stereocenters. The van der Waals surface area contributed by atoms with Crippen molar-refractivity contribution in [2.75, 3.05) is 0 Å². The van der Waals surface area contributed by atoms with Crippen molar-refractivity contribution >= 4 is 0 Å². The molecule has 0 aliphatic heterocycles. The third-order valence-electron chi connectivity index (χ3n) is 2.07. The Morgan fingerprint density at radius 2 is 0.818 bits per heavy atom. The smallest absolute Gasteiger partial charge is 0.0348 e. The Balaban J connectivity index is 2.22. The summed E-state index contributed by atoms with van der Waals surface area (Å²) in [4.78, 5) is 0. The van der Waals surface area contributed by atoms with Gasteiger partial charge in [0.2, 0.25) is 0 Å². The second kappa shape index (κ2) is 6.21. The number of allylic oxidation sites excluding steroid dienone is 4. The molecule has 0 spiro atoms. The zero-order valence-corrected chi connectivity index (χ0v) is 7.26. The maximum Gasteiger partial charge on any atom is -0.0348 e. The first-order valence-corrected chi connectivity index (χ1v) is 4.80. The van der Waals surface area contributed by atoms with Crippen molar-refractivity contribution in [2.45, 2.75) is 44.9 Å². The summed E-state index contributed by atoms with van der Waals surface area (Å²) in [6, 6.07) is 0. The Morgan fingerprint density at radius 3 is 1.27 bits per heavy atom. The lowest BCUT2D eigenvalue weighted by atomic mass is 10.2. The molecule has 11 heavy (non-hydrogen) atoms. The molecular formula is C11H18. The highest BCUT2D eigenvalue weighted by Crippen LogP contribution is 2.06. The van der Waals surface area contributed by atoms with E-state index in [1.54, 1.807) is 0 Å². The van der Waals surface area contributed by atoms with E-state index in [0.29, 0.717) is 0 Å². The zero-order chi connectivity index (χ0) is 7.78. The highest BCUT2D eigenvalue weighted by molar-refractivity contribution is 4.87. The lowest BCUT2D eigenvalue weighted by Crippen LogP contribution is -1.71. The molecule has 0 fully saturated rings. The minimum atomic E-state index is 1.27. The average Bonchev–Trinajstić information content (AvgIpc) is 2.08. The topological polar surface area (TPSA) is 0 Å². The highest BCUT2D eigenvalue weighted by atomic mass is 13.9. The molecule has 0 heteroatoms. The molecule has 0 atom stereocenters. The van der Waals surface area contributed by atoms with Crippen LogP contribution in [0.3, 0.4) is 0 Å². The van der Waals surface area contributed by atoms with Gasteiger partial charge in [-0.15, -0.1) is 0 Å². The molecule has 0 N–H and O–H groups in total. The quantitative estimate of drug-likeness (QED) is 0.460. The predicted octanol–water partition coefficient (Wildman–Crippen LogP) is 3.84. The molecule has 0 saturated heterocycles. The maximum absolute atomic E-state index is 2.34. The van der Waals surface area contributed by atoms with Gasteiger partial charge in [-0.05, 0) is 44.9 Å². The first kappa shape index (κ1) is 8.58. The zero-order valence-electron chi connectivity index (χ0n) is 7.26. The minimum Gasteiger partial charge on any atom is -0.0885 e. The lowest BCUT2D eigenvalue weighted by molar-refractivity contribution is 0.761. The van der Waals surface area contributed by atoms with Gasteiger partial charge >= 0.3 is 0 Å². The summed E-state index contributed by atoms with van der Waals surface area (Å²) in [5, 5.41) is 0. The van der Waals surface area contributed by atoms with Gasteiger partial charge in [0.25, 0.3) is 0 Å². The SMILES string of the molecule is C1=C\CCCC/C=C/CCC/1. The minimum absolute atomic E-state index is 1.27. The van der Waals surface area contributed by atoms with Crippen LogP contribution in [0.15, 0.2) is 24.3 Å². The Labute approximate surface area is 70.0 Å². The maximum atomic E-state index is 2.34. The monoisotopic (exact) mass is 150 g/mol. The van der Waals surface area contributed by atoms with Gasteiger partial charge in [-0.2, -0.15) is 0 Å². The van der Waals surface area contributed by atoms with E-state index < -0.39 is 0 Å². The second-order valence-corrected chi connectivity index (χ2v) is 3.16. The van der Waals surface area contributed by atoms with E-state index in [0.717, 1.165) is 0 Å². The Hall–Kier alpha value is -0.520. The van der Waals surface area contributed by atoms with Gasteiger partial charge < -0.3 is 0 Å². The molecule has 0 amide bonds. The van der Waals surface area contributed by atoms with Gasteiger partial charge in [0, 0.05) is 0 Å². The molecule has 1 aliphatic carbocycles. The number of rotatable bonds is 0. The van der Waals surface area contributed by atoms with Crippen molar-refractivity contribution in [3.8, 4) is 0 Å². The van der Waals surface area contributed by atoms with Crippen LogP contribution in [0.2, 0.25) is 0 Å². The second-order valence-electron chi connectivity index (χ2n) is 3.16. The van der Waals surface area contributed by atoms with Crippen molar-refractivity contribution in [1.82, 2.24) is 0 Å². The molecule has 0 heterocycles. The molecular weight excluding hydrogens is 132 g/mol. The highest BCUT2D eigenvalue weighted by Gasteiger charge is 1.86. The van der Waals surface area contributed by atoms with Crippen LogP contribution >= 0.6 is 0 Å². The molecule has 1 aliphatic rings. The van der Waals surface area contributed by atoms with E-state index in [2.05, 4.69) is 24.3 Å². The molecule has 0 bridgehead atoms. The molecule has 0 aromatic heterocycles. The molecule has 0 radical (unpaired) electrons. The van der Waals surface area contributed by atoms with Crippen molar-refractivity contribution in [1.29, 1.82) is 0 Å². The summed E-state index contributed by atoms with van der Waals surface area (Å²) in [6.45, 7) is 0. The normalized spacial score (nSPS) is 26.9. The van der Waals surface area contributed by atoms with Crippen LogP contribution in [-0.2, 0) is 0 Å². The predicted molar refractivity (Wildman–Crippen MR) is 50.6 cm³/mol. The first-order chi connectivity index (χ1) is 5.50. The van der Waals surface area contributed by atoms with Crippen molar-refractivity contribution < 1.29 is 0 Å². The van der Waals surface area contributed by atoms with Gasteiger partial charge in [0.1, 0.15) is 0 Å². The third kappa shape index (κ3) is 4.83. The van der Waals surface area contributed by atoms with E-state index in [1.165, 1.54) is 44.9 Å². The summed E-state index contributed by atoms with van der Waals surface area (Å²) < 4.78 is 0.